The SMILES string of the molecule is NC(CC(=O)O)C(=O)NC(Cc1cnc[nH]1)C(=O)NC(CCC(=O)O)C(=O)NC(CC(=O)O)C(=O)O. The van der Waals surface area contributed by atoms with Crippen LogP contribution >= 0.6 is 0 Å². The molecule has 198 valence electrons. The van der Waals surface area contributed by atoms with Gasteiger partial charge in [-0.05, 0) is 6.42 Å². The Hall–Kier alpha value is -4.54. The lowest BCUT2D eigenvalue weighted by molar-refractivity contribution is -0.147. The maximum atomic E-state index is 13.0. The van der Waals surface area contributed by atoms with Gasteiger partial charge in [0.2, 0.25) is 17.7 Å². The molecular weight excluding hydrogens is 488 g/mol. The van der Waals surface area contributed by atoms with Crippen molar-refractivity contribution >= 4 is 41.6 Å². The molecule has 4 atom stereocenters. The van der Waals surface area contributed by atoms with E-state index in [0.29, 0.717) is 5.69 Å². The third-order valence-corrected chi connectivity index (χ3v) is 4.62. The van der Waals surface area contributed by atoms with Gasteiger partial charge in [0, 0.05) is 24.7 Å². The van der Waals surface area contributed by atoms with Gasteiger partial charge in [0.15, 0.2) is 0 Å². The number of imidazole rings is 1. The summed E-state index contributed by atoms with van der Waals surface area (Å²) in [4.78, 5) is 88.2. The number of amides is 3. The molecule has 0 fully saturated rings. The van der Waals surface area contributed by atoms with Crippen molar-refractivity contribution in [2.45, 2.75) is 56.3 Å². The van der Waals surface area contributed by atoms with E-state index in [0.717, 1.165) is 0 Å². The fourth-order valence-electron chi connectivity index (χ4n) is 2.84. The summed E-state index contributed by atoms with van der Waals surface area (Å²) in [6.45, 7) is 0. The first-order chi connectivity index (χ1) is 16.8. The van der Waals surface area contributed by atoms with Crippen molar-refractivity contribution < 1.29 is 54.0 Å². The lowest BCUT2D eigenvalue weighted by atomic mass is 10.1. The van der Waals surface area contributed by atoms with Gasteiger partial charge in [-0.25, -0.2) is 9.78 Å². The van der Waals surface area contributed by atoms with Crippen LogP contribution in [0.15, 0.2) is 12.5 Å². The van der Waals surface area contributed by atoms with Gasteiger partial charge in [-0.1, -0.05) is 0 Å². The first kappa shape index (κ1) is 29.5. The fourth-order valence-corrected chi connectivity index (χ4v) is 2.84. The maximum absolute atomic E-state index is 13.0. The summed E-state index contributed by atoms with van der Waals surface area (Å²) in [6.07, 6.45) is -0.483. The molecule has 0 radical (unpaired) electrons. The number of nitrogens with zero attached hydrogens (tertiary/aromatic N) is 1. The normalized spacial score (nSPS) is 13.9. The molecule has 0 aliphatic carbocycles. The van der Waals surface area contributed by atoms with Crippen molar-refractivity contribution in [2.75, 3.05) is 0 Å². The molecule has 17 nitrogen and oxygen atoms in total. The molecule has 0 saturated heterocycles. The molecule has 4 unspecified atom stereocenters. The van der Waals surface area contributed by atoms with Crippen molar-refractivity contribution in [1.82, 2.24) is 25.9 Å². The number of nitrogens with one attached hydrogen (secondary N) is 4. The third kappa shape index (κ3) is 10.6. The molecule has 0 saturated carbocycles. The second kappa shape index (κ2) is 14.0. The Morgan fingerprint density at radius 1 is 0.806 bits per heavy atom. The predicted octanol–water partition coefficient (Wildman–Crippen LogP) is -3.37. The van der Waals surface area contributed by atoms with Crippen LogP contribution in [0, 0.1) is 0 Å². The topological polar surface area (TPSA) is 291 Å². The number of aliphatic carboxylic acids is 4. The minimum atomic E-state index is -1.87. The molecule has 0 aliphatic heterocycles. The number of carboxylic acids is 4. The summed E-state index contributed by atoms with van der Waals surface area (Å²) in [5.41, 5.74) is 5.86. The van der Waals surface area contributed by atoms with Crippen molar-refractivity contribution in [1.29, 1.82) is 0 Å². The van der Waals surface area contributed by atoms with Crippen molar-refractivity contribution in [3.05, 3.63) is 18.2 Å². The maximum Gasteiger partial charge on any atom is 0.326 e. The van der Waals surface area contributed by atoms with Gasteiger partial charge in [0.25, 0.3) is 0 Å². The number of H-pyrrole nitrogens is 1. The highest BCUT2D eigenvalue weighted by Gasteiger charge is 2.32. The Morgan fingerprint density at radius 3 is 1.86 bits per heavy atom. The van der Waals surface area contributed by atoms with E-state index >= 15 is 0 Å². The lowest BCUT2D eigenvalue weighted by Gasteiger charge is -2.24. The highest BCUT2D eigenvalue weighted by molar-refractivity contribution is 5.95. The van der Waals surface area contributed by atoms with E-state index in [1.54, 1.807) is 0 Å². The number of aromatic amines is 1. The summed E-state index contributed by atoms with van der Waals surface area (Å²) >= 11 is 0. The highest BCUT2D eigenvalue weighted by Crippen LogP contribution is 2.05. The van der Waals surface area contributed by atoms with E-state index in [4.69, 9.17) is 26.2 Å². The van der Waals surface area contributed by atoms with Crippen LogP contribution in [0.25, 0.3) is 0 Å². The monoisotopic (exact) mass is 514 g/mol. The standard InChI is InChI=1S/C19H26N6O11/c20-9(4-14(28)29)16(32)24-11(3-8-6-21-7-22-8)18(34)23-10(1-2-13(26)27)17(33)25-12(19(35)36)5-15(30)31/h6-7,9-12H,1-5,20H2,(H,21,22)(H,23,34)(H,24,32)(H,25,33)(H,26,27)(H,28,29)(H,30,31)(H,35,36). The van der Waals surface area contributed by atoms with Crippen LogP contribution in [0.4, 0.5) is 0 Å². The van der Waals surface area contributed by atoms with Gasteiger partial charge in [-0.3, -0.25) is 28.8 Å². The number of carbonyl (C=O) groups excluding carboxylic acids is 3. The van der Waals surface area contributed by atoms with Gasteiger partial charge >= 0.3 is 23.9 Å². The molecule has 1 rings (SSSR count). The van der Waals surface area contributed by atoms with E-state index in [2.05, 4.69) is 20.6 Å². The zero-order chi connectivity index (χ0) is 27.4. The molecule has 0 aliphatic rings. The second-order valence-electron chi connectivity index (χ2n) is 7.54. The van der Waals surface area contributed by atoms with E-state index in [9.17, 15) is 33.6 Å². The minimum Gasteiger partial charge on any atom is -0.481 e. The Balaban J connectivity index is 3.10. The molecule has 0 aromatic carbocycles. The van der Waals surface area contributed by atoms with Gasteiger partial charge in [0.1, 0.15) is 18.1 Å². The van der Waals surface area contributed by atoms with Crippen molar-refractivity contribution in [3.8, 4) is 0 Å². The predicted molar refractivity (Wildman–Crippen MR) is 115 cm³/mol. The first-order valence-electron chi connectivity index (χ1n) is 10.3. The van der Waals surface area contributed by atoms with E-state index < -0.39 is 91.4 Å². The molecular formula is C19H26N6O11. The van der Waals surface area contributed by atoms with E-state index in [1.807, 2.05) is 5.32 Å². The first-order valence-corrected chi connectivity index (χ1v) is 10.3. The molecule has 1 aromatic heterocycles. The van der Waals surface area contributed by atoms with Crippen LogP contribution in [0.5, 0.6) is 0 Å². The van der Waals surface area contributed by atoms with Crippen LogP contribution in [0.3, 0.4) is 0 Å². The zero-order valence-electron chi connectivity index (χ0n) is 18.7. The van der Waals surface area contributed by atoms with Crippen LogP contribution in [-0.2, 0) is 40.0 Å². The smallest absolute Gasteiger partial charge is 0.326 e. The third-order valence-electron chi connectivity index (χ3n) is 4.62. The van der Waals surface area contributed by atoms with Crippen LogP contribution < -0.4 is 21.7 Å². The Kier molecular flexibility index (Phi) is 11.5. The van der Waals surface area contributed by atoms with Crippen molar-refractivity contribution in [3.63, 3.8) is 0 Å². The highest BCUT2D eigenvalue weighted by atomic mass is 16.4. The number of nitrogens with two attached hydrogens (primary N) is 1. The lowest BCUT2D eigenvalue weighted by Crippen LogP contribution is -2.58. The zero-order valence-corrected chi connectivity index (χ0v) is 18.7. The molecule has 0 bridgehead atoms. The molecule has 0 spiro atoms. The summed E-state index contributed by atoms with van der Waals surface area (Å²) < 4.78 is 0. The number of aromatic nitrogens is 2. The molecule has 36 heavy (non-hydrogen) atoms. The number of hydrogen-bond acceptors (Lipinski definition) is 9. The molecule has 10 N–H and O–H groups in total. The summed E-state index contributed by atoms with van der Waals surface area (Å²) in [7, 11) is 0. The van der Waals surface area contributed by atoms with Crippen LogP contribution in [0.1, 0.15) is 31.4 Å². The summed E-state index contributed by atoms with van der Waals surface area (Å²) in [5.74, 6) is -9.12. The van der Waals surface area contributed by atoms with Gasteiger partial charge in [0.05, 0.1) is 25.2 Å². The molecule has 17 heteroatoms. The van der Waals surface area contributed by atoms with Crippen LogP contribution in [-0.4, -0.2) is 96.2 Å². The van der Waals surface area contributed by atoms with Crippen LogP contribution in [0.2, 0.25) is 0 Å². The Morgan fingerprint density at radius 2 is 1.36 bits per heavy atom. The van der Waals surface area contributed by atoms with Gasteiger partial charge in [-0.2, -0.15) is 0 Å². The largest absolute Gasteiger partial charge is 0.481 e. The second-order valence-corrected chi connectivity index (χ2v) is 7.54. The van der Waals surface area contributed by atoms with Gasteiger partial charge in [-0.15, -0.1) is 0 Å². The van der Waals surface area contributed by atoms with Gasteiger partial charge < -0.3 is 47.1 Å². The molecule has 3 amide bonds. The number of rotatable bonds is 16. The molecule has 1 aromatic rings. The van der Waals surface area contributed by atoms with E-state index in [-0.39, 0.29) is 6.42 Å². The number of hydrogen-bond donors (Lipinski definition) is 9. The number of carboxylic acid groups (broad SMARTS) is 4. The van der Waals surface area contributed by atoms with E-state index in [1.165, 1.54) is 12.5 Å². The summed E-state index contributed by atoms with van der Waals surface area (Å²) in [6, 6.07) is -6.45. The average molecular weight is 514 g/mol. The number of carbonyl (C=O) groups is 7. The quantitative estimate of drug-likeness (QED) is 0.104. The minimum absolute atomic E-state index is 0.221. The van der Waals surface area contributed by atoms with Crippen molar-refractivity contribution in [2.24, 2.45) is 5.73 Å². The Labute approximate surface area is 202 Å². The summed E-state index contributed by atoms with van der Waals surface area (Å²) in [5, 5.41) is 42.1. The molecule has 1 heterocycles. The Bertz CT molecular complexity index is 981. The fraction of sp³-hybridized carbons (Fsp3) is 0.474. The average Bonchev–Trinajstić information content (AvgIpc) is 3.27.